The van der Waals surface area contributed by atoms with E-state index in [1.165, 1.54) is 0 Å². The van der Waals surface area contributed by atoms with Crippen molar-refractivity contribution in [3.63, 3.8) is 0 Å². The molecule has 0 spiro atoms. The van der Waals surface area contributed by atoms with Crippen LogP contribution in [-0.4, -0.2) is 29.4 Å². The fourth-order valence-electron chi connectivity index (χ4n) is 4.02. The summed E-state index contributed by atoms with van der Waals surface area (Å²) in [6.45, 7) is 0. The van der Waals surface area contributed by atoms with E-state index in [1.54, 1.807) is 23.9 Å². The van der Waals surface area contributed by atoms with E-state index in [2.05, 4.69) is 5.32 Å². The SMILES string of the molecule is CSCC[C@@]1(NC(=O)c2ccccc2)C(=O)OC(c2ccccc2)=C[C@@H]1c1ccccc1. The third-order valence-electron chi connectivity index (χ3n) is 5.71. The Bertz CT molecular complexity index is 1100. The van der Waals surface area contributed by atoms with E-state index in [-0.39, 0.29) is 11.8 Å². The molecule has 1 aliphatic heterocycles. The quantitative estimate of drug-likeness (QED) is 0.504. The van der Waals surface area contributed by atoms with Crippen molar-refractivity contribution in [3.05, 3.63) is 114 Å². The molecule has 1 aliphatic rings. The van der Waals surface area contributed by atoms with Gasteiger partial charge in [0.15, 0.2) is 0 Å². The number of thioether (sulfide) groups is 1. The van der Waals surface area contributed by atoms with Crippen molar-refractivity contribution in [2.45, 2.75) is 17.9 Å². The molecular formula is C27H25NO3S. The topological polar surface area (TPSA) is 55.4 Å². The first-order valence-electron chi connectivity index (χ1n) is 10.5. The fourth-order valence-corrected chi connectivity index (χ4v) is 4.55. The van der Waals surface area contributed by atoms with E-state index in [9.17, 15) is 9.59 Å². The molecule has 1 amide bonds. The normalized spacial score (nSPS) is 20.2. The standard InChI is InChI=1S/C27H25NO3S/c1-32-18-17-27(28-25(29)22-15-9-4-10-16-22)23(20-11-5-2-6-12-20)19-24(31-26(27)30)21-13-7-3-8-14-21/h2-16,19,23H,17-18H2,1H3,(H,28,29)/t23-,27+/m1/s1. The van der Waals surface area contributed by atoms with Gasteiger partial charge in [-0.3, -0.25) is 4.79 Å². The average molecular weight is 444 g/mol. The van der Waals surface area contributed by atoms with Gasteiger partial charge in [-0.2, -0.15) is 11.8 Å². The van der Waals surface area contributed by atoms with Crippen molar-refractivity contribution in [3.8, 4) is 0 Å². The lowest BCUT2D eigenvalue weighted by atomic mass is 9.75. The number of hydrogen-bond acceptors (Lipinski definition) is 4. The monoisotopic (exact) mass is 443 g/mol. The predicted molar refractivity (Wildman–Crippen MR) is 129 cm³/mol. The number of amides is 1. The van der Waals surface area contributed by atoms with E-state index < -0.39 is 11.5 Å². The number of hydrogen-bond donors (Lipinski definition) is 1. The predicted octanol–water partition coefficient (Wildman–Crippen LogP) is 5.29. The van der Waals surface area contributed by atoms with Gasteiger partial charge in [0.05, 0.1) is 0 Å². The van der Waals surface area contributed by atoms with Crippen LogP contribution in [0.5, 0.6) is 0 Å². The van der Waals surface area contributed by atoms with Crippen LogP contribution in [0.4, 0.5) is 0 Å². The van der Waals surface area contributed by atoms with E-state index in [1.807, 2.05) is 91.2 Å². The van der Waals surface area contributed by atoms with Crippen LogP contribution in [0.2, 0.25) is 0 Å². The molecule has 3 aromatic rings. The van der Waals surface area contributed by atoms with Gasteiger partial charge in [-0.15, -0.1) is 0 Å². The molecule has 0 unspecified atom stereocenters. The van der Waals surface area contributed by atoms with Crippen LogP contribution in [-0.2, 0) is 9.53 Å². The Labute approximate surface area is 192 Å². The third-order valence-corrected chi connectivity index (χ3v) is 6.32. The molecule has 0 fully saturated rings. The molecule has 5 heteroatoms. The first-order valence-corrected chi connectivity index (χ1v) is 11.9. The Morgan fingerprint density at radius 1 is 0.938 bits per heavy atom. The summed E-state index contributed by atoms with van der Waals surface area (Å²) in [5.74, 6) is 0.104. The minimum absolute atomic E-state index is 0.291. The van der Waals surface area contributed by atoms with Gasteiger partial charge < -0.3 is 10.1 Å². The number of cyclic esters (lactones) is 1. The van der Waals surface area contributed by atoms with Crippen LogP contribution >= 0.6 is 11.8 Å². The Hall–Kier alpha value is -3.31. The molecule has 0 saturated carbocycles. The molecule has 1 N–H and O–H groups in total. The highest BCUT2D eigenvalue weighted by molar-refractivity contribution is 7.98. The smallest absolute Gasteiger partial charge is 0.338 e. The van der Waals surface area contributed by atoms with E-state index in [4.69, 9.17) is 4.74 Å². The van der Waals surface area contributed by atoms with Crippen LogP contribution in [0.3, 0.4) is 0 Å². The van der Waals surface area contributed by atoms with Crippen molar-refractivity contribution in [1.82, 2.24) is 5.32 Å². The molecule has 0 saturated heterocycles. The second-order valence-electron chi connectivity index (χ2n) is 7.71. The van der Waals surface area contributed by atoms with Gasteiger partial charge in [0.2, 0.25) is 0 Å². The van der Waals surface area contributed by atoms with Crippen molar-refractivity contribution < 1.29 is 14.3 Å². The van der Waals surface area contributed by atoms with Gasteiger partial charge in [0.1, 0.15) is 11.3 Å². The molecule has 32 heavy (non-hydrogen) atoms. The van der Waals surface area contributed by atoms with Crippen molar-refractivity contribution in [2.24, 2.45) is 0 Å². The maximum absolute atomic E-state index is 13.7. The fraction of sp³-hybridized carbons (Fsp3) is 0.185. The molecule has 3 aromatic carbocycles. The van der Waals surface area contributed by atoms with E-state index >= 15 is 0 Å². The maximum atomic E-state index is 13.7. The summed E-state index contributed by atoms with van der Waals surface area (Å²) in [7, 11) is 0. The number of nitrogens with one attached hydrogen (secondary N) is 1. The zero-order chi connectivity index (χ0) is 22.4. The van der Waals surface area contributed by atoms with Gasteiger partial charge in [0, 0.05) is 17.0 Å². The number of benzene rings is 3. The lowest BCUT2D eigenvalue weighted by Crippen LogP contribution is -2.60. The largest absolute Gasteiger partial charge is 0.424 e. The minimum atomic E-state index is -1.21. The lowest BCUT2D eigenvalue weighted by Gasteiger charge is -2.41. The Morgan fingerprint density at radius 2 is 1.53 bits per heavy atom. The number of rotatable bonds is 7. The number of ether oxygens (including phenoxy) is 1. The van der Waals surface area contributed by atoms with Crippen LogP contribution in [0.1, 0.15) is 33.8 Å². The first kappa shape index (κ1) is 21.9. The molecule has 0 aliphatic carbocycles. The van der Waals surface area contributed by atoms with Crippen molar-refractivity contribution >= 4 is 29.4 Å². The summed E-state index contributed by atoms with van der Waals surface area (Å²) >= 11 is 1.63. The summed E-state index contributed by atoms with van der Waals surface area (Å²) in [5, 5.41) is 3.08. The van der Waals surface area contributed by atoms with Gasteiger partial charge in [-0.1, -0.05) is 78.9 Å². The summed E-state index contributed by atoms with van der Waals surface area (Å²) in [6, 6.07) is 28.4. The molecular weight excluding hydrogens is 418 g/mol. The molecule has 0 radical (unpaired) electrons. The van der Waals surface area contributed by atoms with Crippen LogP contribution in [0.15, 0.2) is 97.1 Å². The summed E-state index contributed by atoms with van der Waals surface area (Å²) < 4.78 is 5.87. The Morgan fingerprint density at radius 3 is 2.16 bits per heavy atom. The molecule has 162 valence electrons. The van der Waals surface area contributed by atoms with Crippen molar-refractivity contribution in [2.75, 3.05) is 12.0 Å². The van der Waals surface area contributed by atoms with Gasteiger partial charge in [0.25, 0.3) is 5.91 Å². The summed E-state index contributed by atoms with van der Waals surface area (Å²) in [6.07, 6.45) is 4.41. The zero-order valence-corrected chi connectivity index (χ0v) is 18.7. The lowest BCUT2D eigenvalue weighted by molar-refractivity contribution is -0.146. The van der Waals surface area contributed by atoms with E-state index in [0.29, 0.717) is 23.5 Å². The van der Waals surface area contributed by atoms with Gasteiger partial charge >= 0.3 is 5.97 Å². The summed E-state index contributed by atoms with van der Waals surface area (Å²) in [5.41, 5.74) is 1.07. The number of carbonyl (C=O) groups excluding carboxylic acids is 2. The first-order chi connectivity index (χ1) is 15.6. The van der Waals surface area contributed by atoms with Crippen LogP contribution in [0.25, 0.3) is 5.76 Å². The second-order valence-corrected chi connectivity index (χ2v) is 8.69. The Kier molecular flexibility index (Phi) is 6.76. The van der Waals surface area contributed by atoms with Gasteiger partial charge in [-0.05, 0) is 42.2 Å². The second kappa shape index (κ2) is 9.88. The van der Waals surface area contributed by atoms with Crippen LogP contribution in [0, 0.1) is 0 Å². The maximum Gasteiger partial charge on any atom is 0.338 e. The van der Waals surface area contributed by atoms with Gasteiger partial charge in [-0.25, -0.2) is 4.79 Å². The average Bonchev–Trinajstić information content (AvgIpc) is 2.85. The molecule has 0 bridgehead atoms. The highest BCUT2D eigenvalue weighted by Crippen LogP contribution is 2.41. The molecule has 4 rings (SSSR count). The molecule has 0 aromatic heterocycles. The van der Waals surface area contributed by atoms with Crippen LogP contribution < -0.4 is 5.32 Å². The van der Waals surface area contributed by atoms with Crippen molar-refractivity contribution in [1.29, 1.82) is 0 Å². The zero-order valence-electron chi connectivity index (χ0n) is 17.9. The minimum Gasteiger partial charge on any atom is -0.424 e. The van der Waals surface area contributed by atoms with E-state index in [0.717, 1.165) is 11.1 Å². The summed E-state index contributed by atoms with van der Waals surface area (Å²) in [4.78, 5) is 26.9. The highest BCUT2D eigenvalue weighted by Gasteiger charge is 2.51. The number of esters is 1. The highest BCUT2D eigenvalue weighted by atomic mass is 32.2. The molecule has 4 nitrogen and oxygen atoms in total. The molecule has 2 atom stereocenters. The molecule has 1 heterocycles. The Balaban J connectivity index is 1.82. The third kappa shape index (κ3) is 4.48. The number of carbonyl (C=O) groups is 2.